The molecule has 1 aliphatic carbocycles. The molecule has 2 N–H and O–H groups in total. The zero-order chi connectivity index (χ0) is 17.1. The van der Waals surface area contributed by atoms with Gasteiger partial charge >= 0.3 is 11.8 Å². The number of aromatic nitrogens is 1. The monoisotopic (exact) mass is 327 g/mol. The molecule has 2 amide bonds. The largest absolute Gasteiger partial charge is 0.360 e. The van der Waals surface area contributed by atoms with Crippen molar-refractivity contribution in [3.8, 4) is 0 Å². The molecule has 0 spiro atoms. The van der Waals surface area contributed by atoms with Crippen molar-refractivity contribution in [2.24, 2.45) is 0 Å². The molecular weight excluding hydrogens is 306 g/mol. The minimum absolute atomic E-state index is 0.231. The maximum atomic E-state index is 12.0. The quantitative estimate of drug-likeness (QED) is 0.849. The number of hydrogen-bond acceptors (Lipinski definition) is 4. The van der Waals surface area contributed by atoms with Gasteiger partial charge in [-0.1, -0.05) is 23.4 Å². The summed E-state index contributed by atoms with van der Waals surface area (Å²) in [5.41, 5.74) is 3.75. The number of aryl methyl sites for hydroxylation is 3. The van der Waals surface area contributed by atoms with Crippen LogP contribution in [0.15, 0.2) is 28.8 Å². The zero-order valence-electron chi connectivity index (χ0n) is 13.9. The van der Waals surface area contributed by atoms with Gasteiger partial charge in [-0.05, 0) is 56.2 Å². The molecule has 0 aliphatic heterocycles. The summed E-state index contributed by atoms with van der Waals surface area (Å²) in [5.74, 6) is -0.656. The lowest BCUT2D eigenvalue weighted by Crippen LogP contribution is -2.37. The predicted octanol–water partition coefficient (Wildman–Crippen LogP) is 2.68. The summed E-state index contributed by atoms with van der Waals surface area (Å²) in [7, 11) is 0. The minimum atomic E-state index is -0.756. The van der Waals surface area contributed by atoms with Crippen LogP contribution < -0.4 is 10.6 Å². The summed E-state index contributed by atoms with van der Waals surface area (Å²) < 4.78 is 4.85. The van der Waals surface area contributed by atoms with Crippen molar-refractivity contribution in [1.82, 2.24) is 10.5 Å². The fourth-order valence-electron chi connectivity index (χ4n) is 2.97. The van der Waals surface area contributed by atoms with Crippen molar-refractivity contribution in [1.29, 1.82) is 0 Å². The molecule has 1 aromatic heterocycles. The van der Waals surface area contributed by atoms with E-state index >= 15 is 0 Å². The van der Waals surface area contributed by atoms with Crippen LogP contribution in [0.5, 0.6) is 0 Å². The topological polar surface area (TPSA) is 84.2 Å². The van der Waals surface area contributed by atoms with Gasteiger partial charge in [-0.3, -0.25) is 14.9 Å². The van der Waals surface area contributed by atoms with Crippen LogP contribution in [0.3, 0.4) is 0 Å². The van der Waals surface area contributed by atoms with Crippen molar-refractivity contribution >= 4 is 17.6 Å². The zero-order valence-corrected chi connectivity index (χ0v) is 13.9. The van der Waals surface area contributed by atoms with E-state index < -0.39 is 11.8 Å². The Labute approximate surface area is 140 Å². The molecule has 1 heterocycles. The van der Waals surface area contributed by atoms with Crippen LogP contribution in [-0.2, 0) is 22.4 Å². The van der Waals surface area contributed by atoms with Crippen LogP contribution >= 0.6 is 0 Å². The molecule has 3 rings (SSSR count). The van der Waals surface area contributed by atoms with Crippen molar-refractivity contribution in [3.05, 3.63) is 46.7 Å². The molecule has 0 radical (unpaired) electrons. The van der Waals surface area contributed by atoms with E-state index in [2.05, 4.69) is 27.9 Å². The average Bonchev–Trinajstić information content (AvgIpc) is 2.99. The molecule has 0 saturated carbocycles. The van der Waals surface area contributed by atoms with Crippen LogP contribution in [0.2, 0.25) is 0 Å². The first-order valence-electron chi connectivity index (χ1n) is 8.20. The highest BCUT2D eigenvalue weighted by Crippen LogP contribution is 2.24. The van der Waals surface area contributed by atoms with Gasteiger partial charge < -0.3 is 9.84 Å². The number of hydrogen-bond donors (Lipinski definition) is 2. The Balaban J connectivity index is 1.62. The molecule has 2 aromatic rings. The smallest absolute Gasteiger partial charge is 0.314 e. The van der Waals surface area contributed by atoms with Gasteiger partial charge in [0.05, 0.1) is 6.04 Å². The van der Waals surface area contributed by atoms with E-state index in [0.29, 0.717) is 5.76 Å². The van der Waals surface area contributed by atoms with Gasteiger partial charge in [0.1, 0.15) is 5.76 Å². The van der Waals surface area contributed by atoms with E-state index in [1.807, 2.05) is 13.0 Å². The van der Waals surface area contributed by atoms with E-state index in [9.17, 15) is 9.59 Å². The lowest BCUT2D eigenvalue weighted by molar-refractivity contribution is -0.136. The molecule has 6 nitrogen and oxygen atoms in total. The van der Waals surface area contributed by atoms with Gasteiger partial charge in [-0.2, -0.15) is 0 Å². The maximum Gasteiger partial charge on any atom is 0.314 e. The van der Waals surface area contributed by atoms with Gasteiger partial charge in [0.2, 0.25) is 0 Å². The highest BCUT2D eigenvalue weighted by atomic mass is 16.5. The molecule has 24 heavy (non-hydrogen) atoms. The number of nitrogens with zero attached hydrogens (tertiary/aromatic N) is 1. The standard InChI is InChI=1S/C18H21N3O3/c1-11-9-16(21-24-11)20-18(23)17(22)19-12(2)14-8-7-13-5-3-4-6-15(13)10-14/h7-10,12H,3-6H2,1-2H3,(H,19,22)(H,20,21,23). The third-order valence-electron chi connectivity index (χ3n) is 4.30. The van der Waals surface area contributed by atoms with Gasteiger partial charge in [0.25, 0.3) is 0 Å². The minimum Gasteiger partial charge on any atom is -0.360 e. The molecule has 1 aliphatic rings. The lowest BCUT2D eigenvalue weighted by Gasteiger charge is -2.19. The average molecular weight is 327 g/mol. The fraction of sp³-hybridized carbons (Fsp3) is 0.389. The summed E-state index contributed by atoms with van der Waals surface area (Å²) in [5, 5.41) is 8.77. The molecule has 0 bridgehead atoms. The van der Waals surface area contributed by atoms with E-state index in [1.165, 1.54) is 24.0 Å². The van der Waals surface area contributed by atoms with E-state index in [0.717, 1.165) is 18.4 Å². The number of rotatable bonds is 3. The summed E-state index contributed by atoms with van der Waals surface area (Å²) >= 11 is 0. The van der Waals surface area contributed by atoms with E-state index in [-0.39, 0.29) is 11.9 Å². The van der Waals surface area contributed by atoms with Gasteiger partial charge in [-0.15, -0.1) is 0 Å². The third kappa shape index (κ3) is 3.64. The SMILES string of the molecule is Cc1cc(NC(=O)C(=O)NC(C)c2ccc3c(c2)CCCC3)no1. The Bertz CT molecular complexity index is 767. The van der Waals surface area contributed by atoms with Gasteiger partial charge in [0, 0.05) is 6.07 Å². The highest BCUT2D eigenvalue weighted by Gasteiger charge is 2.19. The summed E-state index contributed by atoms with van der Waals surface area (Å²) in [6.45, 7) is 3.58. The predicted molar refractivity (Wildman–Crippen MR) is 89.5 cm³/mol. The molecule has 0 fully saturated rings. The van der Waals surface area contributed by atoms with Crippen LogP contribution in [0, 0.1) is 6.92 Å². The van der Waals surface area contributed by atoms with E-state index in [4.69, 9.17) is 4.52 Å². The molecule has 1 aromatic carbocycles. The second-order valence-corrected chi connectivity index (χ2v) is 6.21. The Kier molecular flexibility index (Phi) is 4.64. The van der Waals surface area contributed by atoms with Crippen molar-refractivity contribution < 1.29 is 14.1 Å². The second kappa shape index (κ2) is 6.86. The molecule has 6 heteroatoms. The molecule has 1 unspecified atom stereocenters. The number of anilines is 1. The Morgan fingerprint density at radius 1 is 1.12 bits per heavy atom. The second-order valence-electron chi connectivity index (χ2n) is 6.21. The number of fused-ring (bicyclic) bond motifs is 1. The Hall–Kier alpha value is -2.63. The van der Waals surface area contributed by atoms with E-state index in [1.54, 1.807) is 13.0 Å². The van der Waals surface area contributed by atoms with Gasteiger partial charge in [-0.25, -0.2) is 0 Å². The van der Waals surface area contributed by atoms with Crippen LogP contribution in [0.4, 0.5) is 5.82 Å². The molecule has 0 saturated heterocycles. The number of carbonyl (C=O) groups is 2. The summed E-state index contributed by atoms with van der Waals surface area (Å²) in [4.78, 5) is 24.0. The number of benzene rings is 1. The molecule has 1 atom stereocenters. The molecule has 126 valence electrons. The Morgan fingerprint density at radius 2 is 1.88 bits per heavy atom. The third-order valence-corrected chi connectivity index (χ3v) is 4.30. The highest BCUT2D eigenvalue weighted by molar-refractivity contribution is 6.39. The van der Waals surface area contributed by atoms with Crippen molar-refractivity contribution in [2.45, 2.75) is 45.6 Å². The van der Waals surface area contributed by atoms with Crippen LogP contribution in [-0.4, -0.2) is 17.0 Å². The number of amides is 2. The van der Waals surface area contributed by atoms with Crippen molar-refractivity contribution in [3.63, 3.8) is 0 Å². The first kappa shape index (κ1) is 16.2. The van der Waals surface area contributed by atoms with Gasteiger partial charge in [0.15, 0.2) is 5.82 Å². The van der Waals surface area contributed by atoms with Crippen molar-refractivity contribution in [2.75, 3.05) is 5.32 Å². The number of nitrogens with one attached hydrogen (secondary N) is 2. The first-order valence-corrected chi connectivity index (χ1v) is 8.20. The maximum absolute atomic E-state index is 12.0. The fourth-order valence-corrected chi connectivity index (χ4v) is 2.97. The van der Waals surface area contributed by atoms with Crippen LogP contribution in [0.25, 0.3) is 0 Å². The Morgan fingerprint density at radius 3 is 2.58 bits per heavy atom. The molecular formula is C18H21N3O3. The summed E-state index contributed by atoms with van der Waals surface area (Å²) in [6.07, 6.45) is 4.64. The number of carbonyl (C=O) groups excluding carboxylic acids is 2. The first-order chi connectivity index (χ1) is 11.5. The van der Waals surface area contributed by atoms with Crippen LogP contribution in [0.1, 0.15) is 48.3 Å². The normalized spacial score (nSPS) is 14.6. The lowest BCUT2D eigenvalue weighted by atomic mass is 9.89. The summed E-state index contributed by atoms with van der Waals surface area (Å²) in [6, 6.07) is 7.60.